The van der Waals surface area contributed by atoms with E-state index in [1.54, 1.807) is 12.1 Å². The third kappa shape index (κ3) is 7.41. The largest absolute Gasteiger partial charge is 0.334 e. The van der Waals surface area contributed by atoms with E-state index in [-0.39, 0.29) is 11.7 Å². The molecule has 10 heteroatoms. The Labute approximate surface area is 248 Å². The van der Waals surface area contributed by atoms with E-state index in [9.17, 15) is 14.9 Å². The summed E-state index contributed by atoms with van der Waals surface area (Å²) in [7, 11) is 0. The van der Waals surface area contributed by atoms with Crippen molar-refractivity contribution < 1.29 is 9.72 Å². The Bertz CT molecular complexity index is 1640. The fraction of sp³-hybridized carbons (Fsp3) is 0.156. The number of aryl methyl sites for hydroxylation is 1. The number of nitrogens with one attached hydrogen (secondary N) is 2. The molecule has 0 saturated carbocycles. The number of carbonyl (C=O) groups is 1. The number of benzene rings is 4. The lowest BCUT2D eigenvalue weighted by atomic mass is 10.1. The number of nitrogens with zero attached hydrogens (tertiary/aromatic N) is 4. The molecule has 212 valence electrons. The zero-order valence-corrected chi connectivity index (χ0v) is 23.8. The van der Waals surface area contributed by atoms with Crippen molar-refractivity contribution in [1.82, 2.24) is 25.4 Å². The van der Waals surface area contributed by atoms with Crippen LogP contribution >= 0.6 is 11.8 Å². The lowest BCUT2D eigenvalue weighted by Crippen LogP contribution is -2.39. The number of urea groups is 1. The van der Waals surface area contributed by atoms with Crippen LogP contribution in [0.2, 0.25) is 0 Å². The van der Waals surface area contributed by atoms with Gasteiger partial charge in [0.1, 0.15) is 0 Å². The van der Waals surface area contributed by atoms with Gasteiger partial charge in [-0.15, -0.1) is 10.2 Å². The highest BCUT2D eigenvalue weighted by Gasteiger charge is 2.25. The zero-order valence-electron chi connectivity index (χ0n) is 23.0. The van der Waals surface area contributed by atoms with Crippen LogP contribution in [0.1, 0.15) is 34.1 Å². The smallest absolute Gasteiger partial charge is 0.315 e. The van der Waals surface area contributed by atoms with Gasteiger partial charge in [-0.1, -0.05) is 102 Å². The summed E-state index contributed by atoms with van der Waals surface area (Å²) in [6, 6.07) is 33.2. The number of thioether (sulfide) groups is 1. The van der Waals surface area contributed by atoms with Gasteiger partial charge in [0.15, 0.2) is 11.0 Å². The molecule has 0 radical (unpaired) electrons. The summed E-state index contributed by atoms with van der Waals surface area (Å²) in [6.07, 6.45) is 0.466. The number of nitro groups is 1. The van der Waals surface area contributed by atoms with Crippen molar-refractivity contribution in [2.24, 2.45) is 0 Å². The predicted molar refractivity (Wildman–Crippen MR) is 163 cm³/mol. The molecule has 1 aromatic heterocycles. The molecule has 0 aliphatic heterocycles. The Hall–Kier alpha value is -4.96. The van der Waals surface area contributed by atoms with Gasteiger partial charge in [-0.2, -0.15) is 0 Å². The van der Waals surface area contributed by atoms with Crippen LogP contribution in [-0.2, 0) is 18.7 Å². The van der Waals surface area contributed by atoms with Gasteiger partial charge in [-0.25, -0.2) is 4.79 Å². The van der Waals surface area contributed by atoms with E-state index in [0.29, 0.717) is 35.4 Å². The monoisotopic (exact) mass is 578 g/mol. The topological polar surface area (TPSA) is 115 Å². The van der Waals surface area contributed by atoms with Gasteiger partial charge in [-0.3, -0.25) is 14.7 Å². The first kappa shape index (κ1) is 28.6. The summed E-state index contributed by atoms with van der Waals surface area (Å²) >= 11 is 1.51. The van der Waals surface area contributed by atoms with Crippen LogP contribution < -0.4 is 10.6 Å². The molecule has 42 heavy (non-hydrogen) atoms. The van der Waals surface area contributed by atoms with E-state index in [1.165, 1.54) is 29.5 Å². The average molecular weight is 579 g/mol. The molecule has 0 aliphatic carbocycles. The van der Waals surface area contributed by atoms with E-state index in [4.69, 9.17) is 0 Å². The van der Waals surface area contributed by atoms with E-state index in [1.807, 2.05) is 84.3 Å². The van der Waals surface area contributed by atoms with E-state index in [2.05, 4.69) is 33.0 Å². The zero-order chi connectivity index (χ0) is 29.3. The van der Waals surface area contributed by atoms with Crippen LogP contribution in [0.25, 0.3) is 5.69 Å². The van der Waals surface area contributed by atoms with E-state index < -0.39 is 11.0 Å². The minimum atomic E-state index is -0.542. The number of rotatable bonds is 11. The van der Waals surface area contributed by atoms with Crippen molar-refractivity contribution in [3.05, 3.63) is 147 Å². The van der Waals surface area contributed by atoms with Crippen molar-refractivity contribution in [3.8, 4) is 5.69 Å². The van der Waals surface area contributed by atoms with Crippen LogP contribution in [0, 0.1) is 17.0 Å². The van der Waals surface area contributed by atoms with Crippen LogP contribution in [-0.4, -0.2) is 25.7 Å². The molecule has 5 rings (SSSR count). The lowest BCUT2D eigenvalue weighted by Gasteiger charge is -2.20. The van der Waals surface area contributed by atoms with Gasteiger partial charge in [0, 0.05) is 36.5 Å². The molecule has 9 nitrogen and oxygen atoms in total. The quantitative estimate of drug-likeness (QED) is 0.104. The average Bonchev–Trinajstić information content (AvgIpc) is 3.44. The van der Waals surface area contributed by atoms with Crippen molar-refractivity contribution in [1.29, 1.82) is 0 Å². The standard InChI is InChI=1S/C32H30N6O3S/c1-23-9-8-14-26(19-23)22-42-32-36-35-30(37(32)27-15-17-28(18-16-27)38(40)41)29(20-24-10-4-2-5-11-24)34-31(39)33-21-25-12-6-3-7-13-25/h2-19,29H,20-22H2,1H3,(H2,33,34,39). The molecular weight excluding hydrogens is 548 g/mol. The number of non-ortho nitro benzene ring substituents is 1. The fourth-order valence-electron chi connectivity index (χ4n) is 4.56. The lowest BCUT2D eigenvalue weighted by molar-refractivity contribution is -0.384. The van der Waals surface area contributed by atoms with Crippen molar-refractivity contribution in [2.45, 2.75) is 36.8 Å². The molecule has 0 aliphatic rings. The second-order valence-electron chi connectivity index (χ2n) is 9.78. The summed E-state index contributed by atoms with van der Waals surface area (Å²) < 4.78 is 1.87. The summed E-state index contributed by atoms with van der Waals surface area (Å²) in [5, 5.41) is 27.1. The van der Waals surface area contributed by atoms with E-state index in [0.717, 1.165) is 16.7 Å². The predicted octanol–water partition coefficient (Wildman–Crippen LogP) is 6.56. The maximum atomic E-state index is 13.1. The van der Waals surface area contributed by atoms with Crippen LogP contribution in [0.3, 0.4) is 0 Å². The van der Waals surface area contributed by atoms with Gasteiger partial charge < -0.3 is 10.6 Å². The summed E-state index contributed by atoms with van der Waals surface area (Å²) in [5.41, 5.74) is 4.95. The molecular formula is C32H30N6O3S. The highest BCUT2D eigenvalue weighted by Crippen LogP contribution is 2.30. The Balaban J connectivity index is 1.48. The molecule has 1 heterocycles. The van der Waals surface area contributed by atoms with Crippen molar-refractivity contribution >= 4 is 23.5 Å². The van der Waals surface area contributed by atoms with Gasteiger partial charge in [0.2, 0.25) is 0 Å². The van der Waals surface area contributed by atoms with Gasteiger partial charge in [0.25, 0.3) is 5.69 Å². The second kappa shape index (κ2) is 13.6. The number of nitro benzene ring substituents is 1. The molecule has 1 unspecified atom stereocenters. The van der Waals surface area contributed by atoms with Crippen LogP contribution in [0.15, 0.2) is 114 Å². The minimum absolute atomic E-state index is 0.0124. The van der Waals surface area contributed by atoms with Crippen LogP contribution in [0.5, 0.6) is 0 Å². The first-order valence-corrected chi connectivity index (χ1v) is 14.5. The third-order valence-corrected chi connectivity index (χ3v) is 7.62. The number of hydrogen-bond acceptors (Lipinski definition) is 6. The van der Waals surface area contributed by atoms with E-state index >= 15 is 0 Å². The SMILES string of the molecule is Cc1cccc(CSc2nnc(C(Cc3ccccc3)NC(=O)NCc3ccccc3)n2-c2ccc([N+](=O)[O-])cc2)c1. The van der Waals surface area contributed by atoms with Crippen molar-refractivity contribution in [2.75, 3.05) is 0 Å². The number of carbonyl (C=O) groups excluding carboxylic acids is 1. The van der Waals surface area contributed by atoms with Crippen molar-refractivity contribution in [3.63, 3.8) is 0 Å². The molecule has 1 atom stereocenters. The van der Waals surface area contributed by atoms with Gasteiger partial charge in [-0.05, 0) is 35.7 Å². The normalized spacial score (nSPS) is 11.5. The molecule has 0 fully saturated rings. The Morgan fingerprint density at radius 1 is 0.881 bits per heavy atom. The molecule has 0 spiro atoms. The maximum absolute atomic E-state index is 13.1. The molecule has 2 N–H and O–H groups in total. The second-order valence-corrected chi connectivity index (χ2v) is 10.7. The Kier molecular flexibility index (Phi) is 9.25. The molecule has 0 saturated heterocycles. The van der Waals surface area contributed by atoms with Crippen LogP contribution in [0.4, 0.5) is 10.5 Å². The first-order valence-electron chi connectivity index (χ1n) is 13.5. The summed E-state index contributed by atoms with van der Waals surface area (Å²) in [4.78, 5) is 24.0. The van der Waals surface area contributed by atoms with Gasteiger partial charge in [0.05, 0.1) is 11.0 Å². The molecule has 5 aromatic rings. The Morgan fingerprint density at radius 3 is 2.21 bits per heavy atom. The summed E-state index contributed by atoms with van der Waals surface area (Å²) in [6.45, 7) is 2.42. The van der Waals surface area contributed by atoms with Gasteiger partial charge >= 0.3 is 6.03 Å². The highest BCUT2D eigenvalue weighted by molar-refractivity contribution is 7.98. The number of aromatic nitrogens is 3. The molecule has 0 bridgehead atoms. The minimum Gasteiger partial charge on any atom is -0.334 e. The molecule has 4 aromatic carbocycles. The first-order chi connectivity index (χ1) is 20.5. The fourth-order valence-corrected chi connectivity index (χ4v) is 5.46. The molecule has 2 amide bonds. The maximum Gasteiger partial charge on any atom is 0.315 e. The Morgan fingerprint density at radius 2 is 1.55 bits per heavy atom. The highest BCUT2D eigenvalue weighted by atomic mass is 32.2. The number of amides is 2. The third-order valence-electron chi connectivity index (χ3n) is 6.62. The summed E-state index contributed by atoms with van der Waals surface area (Å²) in [5.74, 6) is 1.18. The number of hydrogen-bond donors (Lipinski definition) is 2.